The van der Waals surface area contributed by atoms with E-state index < -0.39 is 0 Å². The first kappa shape index (κ1) is 22.7. The van der Waals surface area contributed by atoms with Crippen molar-refractivity contribution in [1.29, 1.82) is 0 Å². The van der Waals surface area contributed by atoms with Crippen molar-refractivity contribution in [2.24, 2.45) is 0 Å². The van der Waals surface area contributed by atoms with Crippen LogP contribution >= 0.6 is 0 Å². The zero-order chi connectivity index (χ0) is 17.6. The molecule has 0 saturated heterocycles. The van der Waals surface area contributed by atoms with Crippen LogP contribution in [-0.2, 0) is 0 Å². The van der Waals surface area contributed by atoms with Crippen molar-refractivity contribution in [1.82, 2.24) is 0 Å². The van der Waals surface area contributed by atoms with Crippen LogP contribution < -0.4 is 0 Å². The van der Waals surface area contributed by atoms with Gasteiger partial charge in [0.05, 0.1) is 0 Å². The lowest BCUT2D eigenvalue weighted by Gasteiger charge is -2.02. The van der Waals surface area contributed by atoms with E-state index in [0.29, 0.717) is 0 Å². The second kappa shape index (κ2) is 21.7. The molecule has 0 amide bonds. The predicted octanol–water partition coefficient (Wildman–Crippen LogP) is 8.49. The Morgan fingerprint density at radius 2 is 0.917 bits per heavy atom. The Hall–Kier alpha value is -1.30. The van der Waals surface area contributed by atoms with Gasteiger partial charge in [0, 0.05) is 0 Å². The molecule has 0 aromatic heterocycles. The molecule has 0 fully saturated rings. The molecule has 0 aliphatic heterocycles. The molecule has 0 radical (unpaired) electrons. The lowest BCUT2D eigenvalue weighted by molar-refractivity contribution is 0.545. The van der Waals surface area contributed by atoms with Gasteiger partial charge in [-0.05, 0) is 12.8 Å². The number of hydrogen-bond acceptors (Lipinski definition) is 0. The molecule has 0 nitrogen and oxygen atoms in total. The summed E-state index contributed by atoms with van der Waals surface area (Å²) < 4.78 is 0. The van der Waals surface area contributed by atoms with E-state index in [-0.39, 0.29) is 0 Å². The molecule has 0 bridgehead atoms. The Kier molecular flexibility index (Phi) is 20.5. The monoisotopic (exact) mass is 328 g/mol. The second-order valence-electron chi connectivity index (χ2n) is 6.50. The second-order valence-corrected chi connectivity index (χ2v) is 6.50. The molecular weight excluding hydrogens is 288 g/mol. The van der Waals surface area contributed by atoms with Gasteiger partial charge in [0.1, 0.15) is 0 Å². The van der Waals surface area contributed by atoms with E-state index in [2.05, 4.69) is 37.8 Å². The molecule has 0 aliphatic carbocycles. The maximum atomic E-state index is 3.63. The zero-order valence-electron chi connectivity index (χ0n) is 16.1. The summed E-state index contributed by atoms with van der Waals surface area (Å²) in [4.78, 5) is 0. The van der Waals surface area contributed by atoms with Crippen molar-refractivity contribution in [3.63, 3.8) is 0 Å². The minimum Gasteiger partial charge on any atom is -0.0991 e. The largest absolute Gasteiger partial charge is 0.0991 e. The summed E-state index contributed by atoms with van der Waals surface area (Å²) in [7, 11) is 0. The fourth-order valence-corrected chi connectivity index (χ4v) is 2.68. The van der Waals surface area contributed by atoms with Crippen LogP contribution in [0.5, 0.6) is 0 Å². The van der Waals surface area contributed by atoms with E-state index >= 15 is 0 Å². The van der Waals surface area contributed by atoms with Gasteiger partial charge in [0.25, 0.3) is 0 Å². The number of hydrogen-bond donors (Lipinski definition) is 0. The molecule has 0 aromatic rings. The fraction of sp³-hybridized carbons (Fsp3) is 0.583. The Labute approximate surface area is 152 Å². The average Bonchev–Trinajstić information content (AvgIpc) is 2.60. The Morgan fingerprint density at radius 3 is 1.42 bits per heavy atom. The van der Waals surface area contributed by atoms with E-state index in [1.165, 1.54) is 83.5 Å². The van der Waals surface area contributed by atoms with Crippen LogP contribution in [0.15, 0.2) is 61.3 Å². The van der Waals surface area contributed by atoms with Crippen LogP contribution in [0.1, 0.15) is 90.4 Å². The molecule has 24 heavy (non-hydrogen) atoms. The van der Waals surface area contributed by atoms with Crippen LogP contribution in [0.2, 0.25) is 0 Å². The van der Waals surface area contributed by atoms with E-state index in [1.807, 2.05) is 24.3 Å². The van der Waals surface area contributed by atoms with Crippen molar-refractivity contribution >= 4 is 0 Å². The van der Waals surface area contributed by atoms with Gasteiger partial charge in [0.15, 0.2) is 0 Å². The van der Waals surface area contributed by atoms with Crippen LogP contribution in [0.25, 0.3) is 0 Å². The van der Waals surface area contributed by atoms with Gasteiger partial charge in [-0.3, -0.25) is 0 Å². The molecule has 136 valence electrons. The lowest BCUT2D eigenvalue weighted by Crippen LogP contribution is -1.82. The van der Waals surface area contributed by atoms with E-state index in [4.69, 9.17) is 0 Å². The number of allylic oxidation sites excluding steroid dienone is 9. The van der Waals surface area contributed by atoms with Crippen molar-refractivity contribution < 1.29 is 0 Å². The lowest BCUT2D eigenvalue weighted by atomic mass is 10.0. The summed E-state index contributed by atoms with van der Waals surface area (Å²) in [5.41, 5.74) is 0. The Balaban J connectivity index is 3.23. The highest BCUT2D eigenvalue weighted by atomic mass is 14.0. The van der Waals surface area contributed by atoms with Gasteiger partial charge in [-0.1, -0.05) is 139 Å². The summed E-state index contributed by atoms with van der Waals surface area (Å²) in [5.74, 6) is 0. The predicted molar refractivity (Wildman–Crippen MR) is 112 cm³/mol. The molecule has 0 atom stereocenters. The molecule has 0 aromatic carbocycles. The van der Waals surface area contributed by atoms with Gasteiger partial charge in [-0.25, -0.2) is 0 Å². The van der Waals surface area contributed by atoms with Crippen molar-refractivity contribution in [3.8, 4) is 0 Å². The maximum Gasteiger partial charge on any atom is -0.0348 e. The SMILES string of the molecule is C=C/C=C/C=C/C=C/C=C/CCCCCCCCCCCCCC. The van der Waals surface area contributed by atoms with Crippen LogP contribution in [-0.4, -0.2) is 0 Å². The van der Waals surface area contributed by atoms with E-state index in [1.54, 1.807) is 6.08 Å². The van der Waals surface area contributed by atoms with E-state index in [9.17, 15) is 0 Å². The number of unbranched alkanes of at least 4 members (excludes halogenated alkanes) is 12. The van der Waals surface area contributed by atoms with Crippen molar-refractivity contribution in [2.75, 3.05) is 0 Å². The van der Waals surface area contributed by atoms with Crippen LogP contribution in [0.3, 0.4) is 0 Å². The molecule has 0 rings (SSSR count). The summed E-state index contributed by atoms with van der Waals surface area (Å²) in [6, 6.07) is 0. The topological polar surface area (TPSA) is 0 Å². The third kappa shape index (κ3) is 20.7. The molecule has 0 spiro atoms. The highest BCUT2D eigenvalue weighted by Crippen LogP contribution is 2.12. The summed E-state index contributed by atoms with van der Waals surface area (Å²) in [6.45, 7) is 5.92. The van der Waals surface area contributed by atoms with Crippen LogP contribution in [0.4, 0.5) is 0 Å². The van der Waals surface area contributed by atoms with Gasteiger partial charge in [-0.15, -0.1) is 0 Å². The fourth-order valence-electron chi connectivity index (χ4n) is 2.68. The van der Waals surface area contributed by atoms with Gasteiger partial charge in [0.2, 0.25) is 0 Å². The summed E-state index contributed by atoms with van der Waals surface area (Å²) >= 11 is 0. The van der Waals surface area contributed by atoms with Crippen LogP contribution in [0, 0.1) is 0 Å². The molecule has 0 unspecified atom stereocenters. The molecule has 0 N–H and O–H groups in total. The molecule has 0 heterocycles. The highest BCUT2D eigenvalue weighted by molar-refractivity contribution is 5.17. The Bertz CT molecular complexity index is 354. The normalized spacial score (nSPS) is 12.4. The summed E-state index contributed by atoms with van der Waals surface area (Å²) in [5, 5.41) is 0. The first-order valence-electron chi connectivity index (χ1n) is 10.2. The summed E-state index contributed by atoms with van der Waals surface area (Å²) in [6.07, 6.45) is 36.6. The standard InChI is InChI=1S/C24H40/c1-3-5-7-9-11-13-15-17-19-21-23-24-22-20-18-16-14-12-10-8-6-4-2/h3,5,7,9,11,13,15,17,19H,1,4,6,8,10,12,14,16,18,20-24H2,2H3/b7-5+,11-9+,15-13+,19-17+. The molecule has 0 heteroatoms. The molecular formula is C24H40. The van der Waals surface area contributed by atoms with Gasteiger partial charge in [-0.2, -0.15) is 0 Å². The quantitative estimate of drug-likeness (QED) is 0.185. The third-order valence-corrected chi connectivity index (χ3v) is 4.16. The minimum absolute atomic E-state index is 1.21. The van der Waals surface area contributed by atoms with Gasteiger partial charge >= 0.3 is 0 Å². The van der Waals surface area contributed by atoms with Crippen molar-refractivity contribution in [3.05, 3.63) is 61.3 Å². The van der Waals surface area contributed by atoms with E-state index in [0.717, 1.165) is 0 Å². The first-order chi connectivity index (χ1) is 11.9. The molecule has 0 aliphatic rings. The maximum absolute atomic E-state index is 3.63. The Morgan fingerprint density at radius 1 is 0.500 bits per heavy atom. The number of rotatable bonds is 17. The zero-order valence-corrected chi connectivity index (χ0v) is 16.1. The average molecular weight is 329 g/mol. The van der Waals surface area contributed by atoms with Gasteiger partial charge < -0.3 is 0 Å². The third-order valence-electron chi connectivity index (χ3n) is 4.16. The van der Waals surface area contributed by atoms with Crippen molar-refractivity contribution in [2.45, 2.75) is 90.4 Å². The minimum atomic E-state index is 1.21. The first-order valence-corrected chi connectivity index (χ1v) is 10.2. The highest BCUT2D eigenvalue weighted by Gasteiger charge is 1.92. The molecule has 0 saturated carbocycles. The smallest absolute Gasteiger partial charge is 0.0348 e.